The highest BCUT2D eigenvalue weighted by atomic mass is 16.4. The van der Waals surface area contributed by atoms with Crippen LogP contribution in [0.1, 0.15) is 45.1 Å². The number of aliphatic carboxylic acids is 1. The number of carboxylic acids is 1. The van der Waals surface area contributed by atoms with E-state index in [-0.39, 0.29) is 24.5 Å². The van der Waals surface area contributed by atoms with Crippen molar-refractivity contribution in [3.63, 3.8) is 0 Å². The van der Waals surface area contributed by atoms with Crippen LogP contribution in [0.3, 0.4) is 0 Å². The van der Waals surface area contributed by atoms with Crippen LogP contribution in [0.4, 0.5) is 0 Å². The normalized spacial score (nSPS) is 11.0. The van der Waals surface area contributed by atoms with Gasteiger partial charge in [0.25, 0.3) is 0 Å². The number of benzene rings is 1. The molecule has 17 heavy (non-hydrogen) atoms. The second kappa shape index (κ2) is 8.50. The quantitative estimate of drug-likeness (QED) is 0.853. The molecule has 0 saturated carbocycles. The third kappa shape index (κ3) is 6.51. The number of ketones is 1. The Morgan fingerprint density at radius 3 is 2.06 bits per heavy atom. The molecule has 94 valence electrons. The molecular weight excluding hydrogens is 216 g/mol. The highest BCUT2D eigenvalue weighted by molar-refractivity contribution is 5.78. The topological polar surface area (TPSA) is 54.4 Å². The van der Waals surface area contributed by atoms with Crippen LogP contribution in [-0.2, 0) is 9.59 Å². The van der Waals surface area contributed by atoms with Crippen molar-refractivity contribution in [1.82, 2.24) is 0 Å². The van der Waals surface area contributed by atoms with Crippen molar-refractivity contribution < 1.29 is 14.7 Å². The SMILES string of the molecule is CC.CC(=O)CC(CC(=O)O)c1ccccc1. The molecule has 1 atom stereocenters. The summed E-state index contributed by atoms with van der Waals surface area (Å²) in [4.78, 5) is 21.7. The van der Waals surface area contributed by atoms with E-state index >= 15 is 0 Å². The lowest BCUT2D eigenvalue weighted by Gasteiger charge is -2.13. The zero-order valence-electron chi connectivity index (χ0n) is 10.6. The van der Waals surface area contributed by atoms with Crippen LogP contribution in [0, 0.1) is 0 Å². The molecule has 0 aliphatic rings. The molecule has 0 radical (unpaired) electrons. The first-order chi connectivity index (χ1) is 8.09. The van der Waals surface area contributed by atoms with Crippen molar-refractivity contribution in [2.75, 3.05) is 0 Å². The third-order valence-corrected chi connectivity index (χ3v) is 2.23. The van der Waals surface area contributed by atoms with E-state index in [4.69, 9.17) is 5.11 Å². The molecule has 1 unspecified atom stereocenters. The fourth-order valence-corrected chi connectivity index (χ4v) is 1.59. The van der Waals surface area contributed by atoms with Gasteiger partial charge >= 0.3 is 5.97 Å². The molecule has 0 aromatic heterocycles. The average Bonchev–Trinajstić information content (AvgIpc) is 2.31. The van der Waals surface area contributed by atoms with Gasteiger partial charge < -0.3 is 9.90 Å². The highest BCUT2D eigenvalue weighted by Gasteiger charge is 2.16. The summed E-state index contributed by atoms with van der Waals surface area (Å²) in [6.45, 7) is 5.48. The van der Waals surface area contributed by atoms with Gasteiger partial charge in [-0.1, -0.05) is 44.2 Å². The van der Waals surface area contributed by atoms with E-state index in [1.165, 1.54) is 6.92 Å². The molecule has 0 spiro atoms. The van der Waals surface area contributed by atoms with Crippen LogP contribution in [0.15, 0.2) is 30.3 Å². The number of hydrogen-bond donors (Lipinski definition) is 1. The Labute approximate surface area is 102 Å². The molecular formula is C14H20O3. The second-order valence-electron chi connectivity index (χ2n) is 3.61. The molecule has 3 nitrogen and oxygen atoms in total. The van der Waals surface area contributed by atoms with Crippen molar-refractivity contribution in [2.24, 2.45) is 0 Å². The second-order valence-corrected chi connectivity index (χ2v) is 3.61. The zero-order valence-corrected chi connectivity index (χ0v) is 10.6. The summed E-state index contributed by atoms with van der Waals surface area (Å²) in [7, 11) is 0. The summed E-state index contributed by atoms with van der Waals surface area (Å²) in [5.74, 6) is -1.06. The maximum absolute atomic E-state index is 11.0. The van der Waals surface area contributed by atoms with Gasteiger partial charge in [0.2, 0.25) is 0 Å². The van der Waals surface area contributed by atoms with Gasteiger partial charge in [-0.15, -0.1) is 0 Å². The van der Waals surface area contributed by atoms with Crippen molar-refractivity contribution in [3.05, 3.63) is 35.9 Å². The smallest absolute Gasteiger partial charge is 0.303 e. The lowest BCUT2D eigenvalue weighted by Crippen LogP contribution is -2.09. The predicted molar refractivity (Wildman–Crippen MR) is 68.1 cm³/mol. The monoisotopic (exact) mass is 236 g/mol. The molecule has 0 saturated heterocycles. The van der Waals surface area contributed by atoms with Crippen LogP contribution in [-0.4, -0.2) is 16.9 Å². The number of carbonyl (C=O) groups is 2. The van der Waals surface area contributed by atoms with Crippen molar-refractivity contribution in [3.8, 4) is 0 Å². The summed E-state index contributed by atoms with van der Waals surface area (Å²) in [5, 5.41) is 8.75. The molecule has 0 heterocycles. The summed E-state index contributed by atoms with van der Waals surface area (Å²) >= 11 is 0. The molecule has 0 bridgehead atoms. The molecule has 0 aliphatic carbocycles. The maximum atomic E-state index is 11.0. The standard InChI is InChI=1S/C12H14O3.C2H6/c1-9(13)7-11(8-12(14)15)10-5-3-2-4-6-10;1-2/h2-6,11H,7-8H2,1H3,(H,14,15);1-2H3. The van der Waals surface area contributed by atoms with Gasteiger partial charge in [0.15, 0.2) is 0 Å². The molecule has 0 amide bonds. The van der Waals surface area contributed by atoms with Gasteiger partial charge in [-0.2, -0.15) is 0 Å². The Balaban J connectivity index is 0.00000121. The zero-order chi connectivity index (χ0) is 13.3. The molecule has 0 aliphatic heterocycles. The van der Waals surface area contributed by atoms with Crippen LogP contribution < -0.4 is 0 Å². The van der Waals surface area contributed by atoms with Crippen LogP contribution in [0.2, 0.25) is 0 Å². The highest BCUT2D eigenvalue weighted by Crippen LogP contribution is 2.23. The number of carboxylic acid groups (broad SMARTS) is 1. The summed E-state index contributed by atoms with van der Waals surface area (Å²) in [5.41, 5.74) is 0.912. The fourth-order valence-electron chi connectivity index (χ4n) is 1.59. The Kier molecular flexibility index (Phi) is 7.68. The molecule has 1 rings (SSSR count). The number of rotatable bonds is 5. The fraction of sp³-hybridized carbons (Fsp3) is 0.429. The minimum Gasteiger partial charge on any atom is -0.481 e. The van der Waals surface area contributed by atoms with Gasteiger partial charge in [-0.3, -0.25) is 4.79 Å². The van der Waals surface area contributed by atoms with Crippen LogP contribution in [0.5, 0.6) is 0 Å². The third-order valence-electron chi connectivity index (χ3n) is 2.23. The predicted octanol–water partition coefficient (Wildman–Crippen LogP) is 3.25. The average molecular weight is 236 g/mol. The molecule has 3 heteroatoms. The number of hydrogen-bond acceptors (Lipinski definition) is 2. The Hall–Kier alpha value is -1.64. The lowest BCUT2D eigenvalue weighted by molar-refractivity contribution is -0.137. The Morgan fingerprint density at radius 1 is 1.12 bits per heavy atom. The van der Waals surface area contributed by atoms with Gasteiger partial charge in [0, 0.05) is 12.3 Å². The van der Waals surface area contributed by atoms with Gasteiger partial charge in [0.1, 0.15) is 5.78 Å². The Morgan fingerprint density at radius 2 is 1.65 bits per heavy atom. The first-order valence-corrected chi connectivity index (χ1v) is 5.85. The van der Waals surface area contributed by atoms with E-state index in [2.05, 4.69) is 0 Å². The lowest BCUT2D eigenvalue weighted by atomic mass is 9.91. The molecule has 1 aromatic carbocycles. The molecule has 0 fully saturated rings. The van der Waals surface area contributed by atoms with Gasteiger partial charge in [-0.05, 0) is 12.5 Å². The van der Waals surface area contributed by atoms with E-state index < -0.39 is 5.97 Å². The number of carbonyl (C=O) groups excluding carboxylic acids is 1. The summed E-state index contributed by atoms with van der Waals surface area (Å²) in [6, 6.07) is 9.29. The maximum Gasteiger partial charge on any atom is 0.303 e. The van der Waals surface area contributed by atoms with E-state index in [1.807, 2.05) is 44.2 Å². The van der Waals surface area contributed by atoms with Crippen molar-refractivity contribution >= 4 is 11.8 Å². The first-order valence-electron chi connectivity index (χ1n) is 5.85. The van der Waals surface area contributed by atoms with Crippen molar-refractivity contribution in [1.29, 1.82) is 0 Å². The van der Waals surface area contributed by atoms with Crippen LogP contribution >= 0.6 is 0 Å². The van der Waals surface area contributed by atoms with E-state index in [1.54, 1.807) is 0 Å². The van der Waals surface area contributed by atoms with E-state index in [0.717, 1.165) is 5.56 Å². The van der Waals surface area contributed by atoms with E-state index in [0.29, 0.717) is 0 Å². The minimum absolute atomic E-state index is 0.00356. The minimum atomic E-state index is -0.870. The summed E-state index contributed by atoms with van der Waals surface area (Å²) < 4.78 is 0. The molecule has 1 aromatic rings. The molecule has 1 N–H and O–H groups in total. The largest absolute Gasteiger partial charge is 0.481 e. The first kappa shape index (κ1) is 15.4. The Bertz CT molecular complexity index is 328. The number of Topliss-reactive ketones (excluding diaryl/α,β-unsaturated/α-hetero) is 1. The summed E-state index contributed by atoms with van der Waals surface area (Å²) in [6.07, 6.45) is 0.292. The van der Waals surface area contributed by atoms with Crippen molar-refractivity contribution in [2.45, 2.75) is 39.5 Å². The van der Waals surface area contributed by atoms with Gasteiger partial charge in [0.05, 0.1) is 6.42 Å². The van der Waals surface area contributed by atoms with E-state index in [9.17, 15) is 9.59 Å². The van der Waals surface area contributed by atoms with Gasteiger partial charge in [-0.25, -0.2) is 0 Å². The van der Waals surface area contributed by atoms with Crippen LogP contribution in [0.25, 0.3) is 0 Å².